The van der Waals surface area contributed by atoms with E-state index in [1.807, 2.05) is 4.98 Å². The molecule has 0 amide bonds. The van der Waals surface area contributed by atoms with Gasteiger partial charge in [0.2, 0.25) is 0 Å². The van der Waals surface area contributed by atoms with Crippen LogP contribution in [-0.2, 0) is 4.74 Å². The lowest BCUT2D eigenvalue weighted by Crippen LogP contribution is -2.21. The third kappa shape index (κ3) is 2.52. The number of hydrogen-bond acceptors (Lipinski definition) is 3. The normalized spacial score (nSPS) is 10.5. The zero-order valence-electron chi connectivity index (χ0n) is 7.51. The fourth-order valence-electron chi connectivity index (χ4n) is 0.940. The van der Waals surface area contributed by atoms with E-state index in [-0.39, 0.29) is 9.13 Å². The summed E-state index contributed by atoms with van der Waals surface area (Å²) >= 11 is 1.61. The highest BCUT2D eigenvalue weighted by atomic mass is 127. The molecule has 1 aromatic heterocycles. The predicted molar refractivity (Wildman–Crippen MR) is 56.1 cm³/mol. The Labute approximate surface area is 96.8 Å². The second-order valence-electron chi connectivity index (χ2n) is 2.57. The second-order valence-corrected chi connectivity index (χ2v) is 3.73. The summed E-state index contributed by atoms with van der Waals surface area (Å²) in [6.45, 7) is 0. The number of aromatic nitrogens is 1. The lowest BCUT2D eigenvalue weighted by Gasteiger charge is -2.04. The Hall–Kier alpha value is -0.990. The highest BCUT2D eigenvalue weighted by Gasteiger charge is 2.18. The standard InChI is InChI=1S/C8H6F2INO3/c1-15-8(14)3-2-4(11)5(6(9)10)12-7(3)13/h2,6H,1H3,(H,12,13). The number of aromatic amines is 1. The van der Waals surface area contributed by atoms with Crippen molar-refractivity contribution in [3.05, 3.63) is 31.2 Å². The number of nitrogens with one attached hydrogen (secondary N) is 1. The number of pyridine rings is 1. The molecule has 4 nitrogen and oxygen atoms in total. The molecule has 0 aromatic carbocycles. The summed E-state index contributed by atoms with van der Waals surface area (Å²) in [7, 11) is 1.11. The van der Waals surface area contributed by atoms with E-state index in [1.165, 1.54) is 0 Å². The molecule has 15 heavy (non-hydrogen) atoms. The molecule has 0 aliphatic carbocycles. The van der Waals surface area contributed by atoms with Crippen molar-refractivity contribution in [3.8, 4) is 0 Å². The number of alkyl halides is 2. The summed E-state index contributed by atoms with van der Waals surface area (Å²) in [5.41, 5.74) is -1.66. The number of carbonyl (C=O) groups excluding carboxylic acids is 1. The number of hydrogen-bond donors (Lipinski definition) is 1. The van der Waals surface area contributed by atoms with E-state index >= 15 is 0 Å². The summed E-state index contributed by atoms with van der Waals surface area (Å²) in [6, 6.07) is 1.08. The van der Waals surface area contributed by atoms with Gasteiger partial charge in [0.1, 0.15) is 5.56 Å². The molecule has 0 aliphatic rings. The fraction of sp³-hybridized carbons (Fsp3) is 0.250. The number of rotatable bonds is 2. The molecule has 0 bridgehead atoms. The Morgan fingerprint density at radius 1 is 1.60 bits per heavy atom. The van der Waals surface area contributed by atoms with E-state index in [9.17, 15) is 18.4 Å². The van der Waals surface area contributed by atoms with Crippen LogP contribution < -0.4 is 5.56 Å². The Kier molecular flexibility index (Phi) is 3.77. The maximum Gasteiger partial charge on any atom is 0.343 e. The zero-order chi connectivity index (χ0) is 11.6. The van der Waals surface area contributed by atoms with Crippen LogP contribution in [0.25, 0.3) is 0 Å². The number of esters is 1. The third-order valence-electron chi connectivity index (χ3n) is 1.64. The van der Waals surface area contributed by atoms with Crippen molar-refractivity contribution in [2.24, 2.45) is 0 Å². The first-order chi connectivity index (χ1) is 6.97. The first kappa shape index (κ1) is 12.1. The number of methoxy groups -OCH3 is 1. The molecule has 1 heterocycles. The van der Waals surface area contributed by atoms with E-state index in [0.717, 1.165) is 13.2 Å². The molecule has 7 heteroatoms. The molecular weight excluding hydrogens is 323 g/mol. The van der Waals surface area contributed by atoms with Gasteiger partial charge >= 0.3 is 5.97 Å². The molecule has 1 N–H and O–H groups in total. The van der Waals surface area contributed by atoms with Crippen molar-refractivity contribution in [3.63, 3.8) is 0 Å². The Morgan fingerprint density at radius 2 is 2.20 bits per heavy atom. The SMILES string of the molecule is COC(=O)c1cc(I)c(C(F)F)[nH]c1=O. The van der Waals surface area contributed by atoms with E-state index in [1.54, 1.807) is 22.6 Å². The summed E-state index contributed by atoms with van der Waals surface area (Å²) < 4.78 is 29.1. The molecule has 0 aliphatic heterocycles. The van der Waals surface area contributed by atoms with E-state index < -0.39 is 23.6 Å². The number of H-pyrrole nitrogens is 1. The average Bonchev–Trinajstić information content (AvgIpc) is 2.19. The van der Waals surface area contributed by atoms with Crippen LogP contribution in [0.15, 0.2) is 10.9 Å². The van der Waals surface area contributed by atoms with Crippen LogP contribution in [0.3, 0.4) is 0 Å². The molecule has 0 fully saturated rings. The topological polar surface area (TPSA) is 59.2 Å². The smallest absolute Gasteiger partial charge is 0.343 e. The highest BCUT2D eigenvalue weighted by molar-refractivity contribution is 14.1. The van der Waals surface area contributed by atoms with Gasteiger partial charge in [-0.05, 0) is 28.7 Å². The molecule has 0 unspecified atom stereocenters. The maximum absolute atomic E-state index is 12.3. The molecule has 1 rings (SSSR count). The van der Waals surface area contributed by atoms with E-state index in [2.05, 4.69) is 4.74 Å². The van der Waals surface area contributed by atoms with E-state index in [0.29, 0.717) is 0 Å². The van der Waals surface area contributed by atoms with Crippen LogP contribution in [-0.4, -0.2) is 18.1 Å². The van der Waals surface area contributed by atoms with E-state index in [4.69, 9.17) is 0 Å². The van der Waals surface area contributed by atoms with Gasteiger partial charge in [0.15, 0.2) is 0 Å². The van der Waals surface area contributed by atoms with Crippen LogP contribution in [0.2, 0.25) is 0 Å². The van der Waals surface area contributed by atoms with Crippen molar-refractivity contribution >= 4 is 28.6 Å². The largest absolute Gasteiger partial charge is 0.465 e. The third-order valence-corrected chi connectivity index (χ3v) is 2.54. The van der Waals surface area contributed by atoms with Gasteiger partial charge in [0, 0.05) is 3.57 Å². The van der Waals surface area contributed by atoms with Gasteiger partial charge in [-0.1, -0.05) is 0 Å². The first-order valence-electron chi connectivity index (χ1n) is 3.76. The van der Waals surface area contributed by atoms with Crippen LogP contribution >= 0.6 is 22.6 Å². The minimum Gasteiger partial charge on any atom is -0.465 e. The second kappa shape index (κ2) is 4.69. The predicted octanol–water partition coefficient (Wildman–Crippen LogP) is 1.70. The van der Waals surface area contributed by atoms with Crippen LogP contribution in [0.5, 0.6) is 0 Å². The molecule has 1 aromatic rings. The van der Waals surface area contributed by atoms with Gasteiger partial charge in [-0.25, -0.2) is 13.6 Å². The molecule has 0 radical (unpaired) electrons. The molecule has 82 valence electrons. The average molecular weight is 329 g/mol. The van der Waals surface area contributed by atoms with Crippen molar-refractivity contribution in [2.75, 3.05) is 7.11 Å². The molecule has 0 saturated carbocycles. The van der Waals surface area contributed by atoms with Crippen LogP contribution in [0.1, 0.15) is 22.5 Å². The molecule has 0 atom stereocenters. The van der Waals surface area contributed by atoms with Gasteiger partial charge in [0.25, 0.3) is 12.0 Å². The van der Waals surface area contributed by atoms with Crippen LogP contribution in [0, 0.1) is 3.57 Å². The Balaban J connectivity index is 3.32. The summed E-state index contributed by atoms with van der Waals surface area (Å²) in [6.07, 6.45) is -2.78. The van der Waals surface area contributed by atoms with Gasteiger partial charge in [-0.2, -0.15) is 0 Å². The van der Waals surface area contributed by atoms with Crippen molar-refractivity contribution in [1.82, 2.24) is 4.98 Å². The van der Waals surface area contributed by atoms with Gasteiger partial charge in [-0.15, -0.1) is 0 Å². The molecular formula is C8H6F2INO3. The lowest BCUT2D eigenvalue weighted by atomic mass is 10.2. The lowest BCUT2D eigenvalue weighted by molar-refractivity contribution is 0.0597. The summed E-state index contributed by atoms with van der Waals surface area (Å²) in [4.78, 5) is 24.2. The van der Waals surface area contributed by atoms with Crippen molar-refractivity contribution in [2.45, 2.75) is 6.43 Å². The monoisotopic (exact) mass is 329 g/mol. The van der Waals surface area contributed by atoms with Crippen molar-refractivity contribution < 1.29 is 18.3 Å². The minimum absolute atomic E-state index is 0.114. The van der Waals surface area contributed by atoms with Crippen LogP contribution in [0.4, 0.5) is 8.78 Å². The Morgan fingerprint density at radius 3 is 2.67 bits per heavy atom. The number of carbonyl (C=O) groups is 1. The van der Waals surface area contributed by atoms with Gasteiger partial charge in [-0.3, -0.25) is 4.79 Å². The number of ether oxygens (including phenoxy) is 1. The van der Waals surface area contributed by atoms with Gasteiger partial charge in [0.05, 0.1) is 12.8 Å². The Bertz CT molecular complexity index is 444. The summed E-state index contributed by atoms with van der Waals surface area (Å²) in [5, 5.41) is 0. The maximum atomic E-state index is 12.3. The molecule has 0 saturated heterocycles. The minimum atomic E-state index is -2.78. The quantitative estimate of drug-likeness (QED) is 0.664. The van der Waals surface area contributed by atoms with Crippen molar-refractivity contribution in [1.29, 1.82) is 0 Å². The zero-order valence-corrected chi connectivity index (χ0v) is 9.67. The highest BCUT2D eigenvalue weighted by Crippen LogP contribution is 2.21. The molecule has 0 spiro atoms. The summed E-state index contributed by atoms with van der Waals surface area (Å²) in [5.74, 6) is -0.852. The fourth-order valence-corrected chi connectivity index (χ4v) is 1.62. The number of halogens is 3. The first-order valence-corrected chi connectivity index (χ1v) is 4.84. The van der Waals surface area contributed by atoms with Gasteiger partial charge < -0.3 is 9.72 Å².